The highest BCUT2D eigenvalue weighted by atomic mass is 35.5. The summed E-state index contributed by atoms with van der Waals surface area (Å²) in [6, 6.07) is 5.69. The lowest BCUT2D eigenvalue weighted by atomic mass is 9.95. The second kappa shape index (κ2) is 11.8. The van der Waals surface area contributed by atoms with Gasteiger partial charge in [0.2, 0.25) is 5.28 Å². The first-order chi connectivity index (χ1) is 18.0. The van der Waals surface area contributed by atoms with Crippen molar-refractivity contribution < 1.29 is 18.3 Å². The molecule has 4 N–H and O–H groups in total. The predicted molar refractivity (Wildman–Crippen MR) is 145 cm³/mol. The van der Waals surface area contributed by atoms with Crippen molar-refractivity contribution in [3.63, 3.8) is 0 Å². The van der Waals surface area contributed by atoms with Crippen LogP contribution >= 0.6 is 11.6 Å². The van der Waals surface area contributed by atoms with Crippen molar-refractivity contribution in [2.75, 3.05) is 35.6 Å². The molecule has 0 amide bonds. The average molecular weight is 555 g/mol. The minimum atomic E-state index is -4.35. The van der Waals surface area contributed by atoms with E-state index >= 15 is 0 Å². The largest absolute Gasteiger partial charge is 0.416 e. The SMILES string of the molecule is CCC(c1ccc(C(F)(F)F)cc1)N1C[C@H](C)N(c2nc(Cl)nc(NCC3CCCC3O)c2N)C[C@H]1CC. The van der Waals surface area contributed by atoms with E-state index in [0.717, 1.165) is 37.7 Å². The molecule has 1 aliphatic carbocycles. The van der Waals surface area contributed by atoms with E-state index in [4.69, 9.17) is 17.3 Å². The number of aliphatic hydroxyl groups excluding tert-OH is 1. The lowest BCUT2D eigenvalue weighted by Gasteiger charge is -2.49. The zero-order chi connectivity index (χ0) is 27.6. The van der Waals surface area contributed by atoms with E-state index in [1.54, 1.807) is 12.1 Å². The summed E-state index contributed by atoms with van der Waals surface area (Å²) < 4.78 is 39.3. The molecular formula is C27H38ClF3N6O. The van der Waals surface area contributed by atoms with Crippen LogP contribution in [0.1, 0.15) is 70.0 Å². The minimum Gasteiger partial charge on any atom is -0.393 e. The number of anilines is 3. The Hall–Kier alpha value is -2.30. The van der Waals surface area contributed by atoms with Gasteiger partial charge in [0.1, 0.15) is 5.69 Å². The minimum absolute atomic E-state index is 0.00626. The Bertz CT molecular complexity index is 1090. The van der Waals surface area contributed by atoms with Crippen molar-refractivity contribution in [1.82, 2.24) is 14.9 Å². The molecule has 1 aliphatic heterocycles. The molecule has 0 bridgehead atoms. The van der Waals surface area contributed by atoms with Crippen LogP contribution in [0.25, 0.3) is 0 Å². The third-order valence-electron chi connectivity index (χ3n) is 8.09. The zero-order valence-corrected chi connectivity index (χ0v) is 22.9. The topological polar surface area (TPSA) is 90.5 Å². The number of nitrogens with two attached hydrogens (primary N) is 1. The van der Waals surface area contributed by atoms with E-state index in [0.29, 0.717) is 37.0 Å². The fourth-order valence-electron chi connectivity index (χ4n) is 5.93. The number of piperazine rings is 1. The maximum absolute atomic E-state index is 13.1. The molecule has 38 heavy (non-hydrogen) atoms. The van der Waals surface area contributed by atoms with Crippen LogP contribution in [0.2, 0.25) is 5.28 Å². The molecule has 3 unspecified atom stereocenters. The summed E-state index contributed by atoms with van der Waals surface area (Å²) in [5.41, 5.74) is 7.22. The number of rotatable bonds is 8. The summed E-state index contributed by atoms with van der Waals surface area (Å²) in [7, 11) is 0. The van der Waals surface area contributed by atoms with Gasteiger partial charge in [0.25, 0.3) is 0 Å². The van der Waals surface area contributed by atoms with Crippen LogP contribution in [0.3, 0.4) is 0 Å². The van der Waals surface area contributed by atoms with E-state index in [2.05, 4.69) is 45.9 Å². The standard InChI is InChI=1S/C27H38ClF3N6O/c1-4-20-15-36(25-23(32)24(34-26(28)35-25)33-13-18-7-6-8-22(18)38)16(3)14-37(20)21(5-2)17-9-11-19(12-10-17)27(29,30)31/h9-12,16,18,20-22,38H,4-8,13-15,32H2,1-3H3,(H,33,34,35)/t16-,18?,20+,21?,22?/m0/s1. The molecule has 2 aromatic rings. The van der Waals surface area contributed by atoms with Gasteiger partial charge in [0, 0.05) is 43.7 Å². The van der Waals surface area contributed by atoms with Gasteiger partial charge in [-0.3, -0.25) is 4.90 Å². The summed E-state index contributed by atoms with van der Waals surface area (Å²) in [6.07, 6.45) is -0.284. The smallest absolute Gasteiger partial charge is 0.393 e. The fourth-order valence-corrected chi connectivity index (χ4v) is 6.09. The lowest BCUT2D eigenvalue weighted by molar-refractivity contribution is -0.137. The number of aliphatic hydroxyl groups is 1. The van der Waals surface area contributed by atoms with Crippen LogP contribution in [-0.4, -0.2) is 57.8 Å². The van der Waals surface area contributed by atoms with Gasteiger partial charge >= 0.3 is 6.18 Å². The number of benzene rings is 1. The van der Waals surface area contributed by atoms with E-state index in [1.165, 1.54) is 12.1 Å². The highest BCUT2D eigenvalue weighted by molar-refractivity contribution is 6.28. The molecule has 210 valence electrons. The monoisotopic (exact) mass is 554 g/mol. The summed E-state index contributed by atoms with van der Waals surface area (Å²) >= 11 is 6.33. The summed E-state index contributed by atoms with van der Waals surface area (Å²) in [5.74, 6) is 1.19. The third-order valence-corrected chi connectivity index (χ3v) is 8.25. The predicted octanol–water partition coefficient (Wildman–Crippen LogP) is 5.74. The molecule has 1 aromatic heterocycles. The van der Waals surface area contributed by atoms with Crippen LogP contribution in [0.4, 0.5) is 30.5 Å². The normalized spacial score (nSPS) is 25.5. The molecule has 1 saturated heterocycles. The van der Waals surface area contributed by atoms with E-state index < -0.39 is 11.7 Å². The molecule has 2 aliphatic rings. The molecule has 0 spiro atoms. The molecule has 2 heterocycles. The van der Waals surface area contributed by atoms with Crippen molar-refractivity contribution in [2.45, 2.75) is 83.3 Å². The van der Waals surface area contributed by atoms with Gasteiger partial charge in [-0.25, -0.2) is 0 Å². The summed E-state index contributed by atoms with van der Waals surface area (Å²) in [4.78, 5) is 13.4. The first-order valence-electron chi connectivity index (χ1n) is 13.5. The highest BCUT2D eigenvalue weighted by Crippen LogP contribution is 2.38. The molecule has 2 fully saturated rings. The number of alkyl halides is 3. The second-order valence-electron chi connectivity index (χ2n) is 10.5. The molecular weight excluding hydrogens is 517 g/mol. The molecule has 11 heteroatoms. The highest BCUT2D eigenvalue weighted by Gasteiger charge is 2.37. The Morgan fingerprint density at radius 3 is 2.45 bits per heavy atom. The number of halogens is 4. The van der Waals surface area contributed by atoms with E-state index in [9.17, 15) is 18.3 Å². The van der Waals surface area contributed by atoms with Crippen LogP contribution in [0.15, 0.2) is 24.3 Å². The van der Waals surface area contributed by atoms with Crippen molar-refractivity contribution in [2.24, 2.45) is 5.92 Å². The summed E-state index contributed by atoms with van der Waals surface area (Å²) in [6.45, 7) is 8.17. The Morgan fingerprint density at radius 2 is 1.87 bits per heavy atom. The number of nitrogens with one attached hydrogen (secondary N) is 1. The van der Waals surface area contributed by atoms with Crippen molar-refractivity contribution in [3.8, 4) is 0 Å². The Morgan fingerprint density at radius 1 is 1.16 bits per heavy atom. The summed E-state index contributed by atoms with van der Waals surface area (Å²) in [5, 5.41) is 13.5. The number of aromatic nitrogens is 2. The fraction of sp³-hybridized carbons (Fsp3) is 0.630. The maximum atomic E-state index is 13.1. The van der Waals surface area contributed by atoms with Crippen LogP contribution in [-0.2, 0) is 6.18 Å². The third kappa shape index (κ3) is 6.13. The number of hydrogen-bond donors (Lipinski definition) is 3. The molecule has 4 rings (SSSR count). The van der Waals surface area contributed by atoms with Gasteiger partial charge in [-0.15, -0.1) is 0 Å². The van der Waals surface area contributed by atoms with Gasteiger partial charge in [-0.2, -0.15) is 23.1 Å². The quantitative estimate of drug-likeness (QED) is 0.358. The lowest BCUT2D eigenvalue weighted by Crippen LogP contribution is -2.58. The second-order valence-corrected chi connectivity index (χ2v) is 10.9. The van der Waals surface area contributed by atoms with E-state index in [1.807, 2.05) is 0 Å². The van der Waals surface area contributed by atoms with Crippen LogP contribution in [0, 0.1) is 5.92 Å². The van der Waals surface area contributed by atoms with Gasteiger partial charge in [0.05, 0.1) is 11.7 Å². The van der Waals surface area contributed by atoms with Crippen molar-refractivity contribution in [3.05, 3.63) is 40.7 Å². The number of nitrogen functional groups attached to an aromatic ring is 1. The number of hydrogen-bond acceptors (Lipinski definition) is 7. The first kappa shape index (κ1) is 28.7. The molecule has 5 atom stereocenters. The molecule has 1 saturated carbocycles. The van der Waals surface area contributed by atoms with Gasteiger partial charge < -0.3 is 21.1 Å². The van der Waals surface area contributed by atoms with Crippen molar-refractivity contribution in [1.29, 1.82) is 0 Å². The van der Waals surface area contributed by atoms with Crippen molar-refractivity contribution >= 4 is 28.9 Å². The van der Waals surface area contributed by atoms with Gasteiger partial charge in [0.15, 0.2) is 11.6 Å². The molecule has 0 radical (unpaired) electrons. The maximum Gasteiger partial charge on any atom is 0.416 e. The van der Waals surface area contributed by atoms with Gasteiger partial charge in [-0.1, -0.05) is 32.4 Å². The number of nitrogens with zero attached hydrogens (tertiary/aromatic N) is 4. The zero-order valence-electron chi connectivity index (χ0n) is 22.2. The Balaban J connectivity index is 1.54. The average Bonchev–Trinajstić information content (AvgIpc) is 3.29. The molecule has 1 aromatic carbocycles. The Labute approximate surface area is 227 Å². The van der Waals surface area contributed by atoms with E-state index in [-0.39, 0.29) is 35.4 Å². The Kier molecular flexibility index (Phi) is 8.94. The first-order valence-corrected chi connectivity index (χ1v) is 13.9. The molecule has 7 nitrogen and oxygen atoms in total. The van der Waals surface area contributed by atoms with Crippen LogP contribution < -0.4 is 16.0 Å². The van der Waals surface area contributed by atoms with Gasteiger partial charge in [-0.05, 0) is 61.9 Å². The van der Waals surface area contributed by atoms with Crippen LogP contribution in [0.5, 0.6) is 0 Å².